The molecule has 0 radical (unpaired) electrons. The fourth-order valence-electron chi connectivity index (χ4n) is 2.39. The fourth-order valence-corrected chi connectivity index (χ4v) is 2.39. The van der Waals surface area contributed by atoms with Crippen molar-refractivity contribution in [3.8, 4) is 5.75 Å². The summed E-state index contributed by atoms with van der Waals surface area (Å²) in [7, 11) is 1.44. The minimum Gasteiger partial charge on any atom is -0.492 e. The van der Waals surface area contributed by atoms with Crippen LogP contribution in [0.2, 0.25) is 0 Å². The van der Waals surface area contributed by atoms with E-state index in [2.05, 4.69) is 17.9 Å². The summed E-state index contributed by atoms with van der Waals surface area (Å²) in [5.41, 5.74) is 1.17. The third kappa shape index (κ3) is 3.07. The Labute approximate surface area is 114 Å². The summed E-state index contributed by atoms with van der Waals surface area (Å²) in [4.78, 5) is 13.9. The average molecular weight is 263 g/mol. The van der Waals surface area contributed by atoms with Crippen LogP contribution in [0.5, 0.6) is 5.75 Å². The third-order valence-corrected chi connectivity index (χ3v) is 3.85. The lowest BCUT2D eigenvalue weighted by Crippen LogP contribution is -2.41. The lowest BCUT2D eigenvalue weighted by Gasteiger charge is -2.30. The highest BCUT2D eigenvalue weighted by atomic mass is 16.5. The van der Waals surface area contributed by atoms with Gasteiger partial charge in [0.05, 0.1) is 13.0 Å². The van der Waals surface area contributed by atoms with Crippen molar-refractivity contribution < 1.29 is 14.3 Å². The minimum absolute atomic E-state index is 0.127. The SMILES string of the molecule is COC(=O)C(C)C(C)N1CCOc2ccccc2C1. The van der Waals surface area contributed by atoms with Gasteiger partial charge in [0.1, 0.15) is 12.4 Å². The first-order valence-corrected chi connectivity index (χ1v) is 6.66. The Hall–Kier alpha value is -1.55. The first kappa shape index (κ1) is 13.9. The smallest absolute Gasteiger partial charge is 0.309 e. The lowest BCUT2D eigenvalue weighted by molar-refractivity contribution is -0.147. The summed E-state index contributed by atoms with van der Waals surface area (Å²) in [6.45, 7) is 6.24. The summed E-state index contributed by atoms with van der Waals surface area (Å²) in [6, 6.07) is 8.19. The highest BCUT2D eigenvalue weighted by Gasteiger charge is 2.28. The van der Waals surface area contributed by atoms with E-state index in [1.807, 2.05) is 25.1 Å². The Kier molecular flexibility index (Phi) is 4.43. The van der Waals surface area contributed by atoms with Crippen molar-refractivity contribution in [1.82, 2.24) is 4.90 Å². The van der Waals surface area contributed by atoms with Gasteiger partial charge in [-0.25, -0.2) is 0 Å². The maximum Gasteiger partial charge on any atom is 0.309 e. The van der Waals surface area contributed by atoms with Gasteiger partial charge in [0.2, 0.25) is 0 Å². The van der Waals surface area contributed by atoms with E-state index in [-0.39, 0.29) is 17.9 Å². The molecule has 0 N–H and O–H groups in total. The van der Waals surface area contributed by atoms with Gasteiger partial charge in [-0.2, -0.15) is 0 Å². The molecule has 104 valence electrons. The van der Waals surface area contributed by atoms with Gasteiger partial charge in [-0.1, -0.05) is 25.1 Å². The Bertz CT molecular complexity index is 447. The Morgan fingerprint density at radius 3 is 2.84 bits per heavy atom. The molecule has 1 aliphatic heterocycles. The number of carbonyl (C=O) groups is 1. The molecular formula is C15H21NO3. The monoisotopic (exact) mass is 263 g/mol. The number of esters is 1. The van der Waals surface area contributed by atoms with Gasteiger partial charge < -0.3 is 9.47 Å². The van der Waals surface area contributed by atoms with Gasteiger partial charge in [0.15, 0.2) is 0 Å². The second-order valence-electron chi connectivity index (χ2n) is 4.98. The number of methoxy groups -OCH3 is 1. The molecule has 0 aromatic heterocycles. The van der Waals surface area contributed by atoms with E-state index in [0.717, 1.165) is 18.8 Å². The molecule has 1 aromatic carbocycles. The molecule has 4 heteroatoms. The van der Waals surface area contributed by atoms with E-state index >= 15 is 0 Å². The largest absolute Gasteiger partial charge is 0.492 e. The Morgan fingerprint density at radius 2 is 2.11 bits per heavy atom. The molecule has 0 aliphatic carbocycles. The summed E-state index contributed by atoms with van der Waals surface area (Å²) >= 11 is 0. The highest BCUT2D eigenvalue weighted by molar-refractivity contribution is 5.72. The van der Waals surface area contributed by atoms with Crippen molar-refractivity contribution in [3.63, 3.8) is 0 Å². The summed E-state index contributed by atoms with van der Waals surface area (Å²) in [5, 5.41) is 0. The van der Waals surface area contributed by atoms with Crippen LogP contribution in [-0.2, 0) is 16.1 Å². The maximum atomic E-state index is 11.6. The zero-order valence-electron chi connectivity index (χ0n) is 11.8. The van der Waals surface area contributed by atoms with Crippen LogP contribution >= 0.6 is 0 Å². The fraction of sp³-hybridized carbons (Fsp3) is 0.533. The summed E-state index contributed by atoms with van der Waals surface area (Å²) in [5.74, 6) is 0.643. The van der Waals surface area contributed by atoms with E-state index in [4.69, 9.17) is 9.47 Å². The molecule has 19 heavy (non-hydrogen) atoms. The molecule has 1 aromatic rings. The predicted molar refractivity (Wildman–Crippen MR) is 73.0 cm³/mol. The standard InChI is InChI=1S/C15H21NO3/c1-11(15(17)18-3)12(2)16-8-9-19-14-7-5-4-6-13(14)10-16/h4-7,11-12H,8-10H2,1-3H3. The number of benzene rings is 1. The molecule has 0 fully saturated rings. The summed E-state index contributed by atoms with van der Waals surface area (Å²) in [6.07, 6.45) is 0. The van der Waals surface area contributed by atoms with Gasteiger partial charge in [0, 0.05) is 24.7 Å². The van der Waals surface area contributed by atoms with E-state index < -0.39 is 0 Å². The van der Waals surface area contributed by atoms with E-state index in [1.165, 1.54) is 12.7 Å². The molecule has 2 unspecified atom stereocenters. The molecule has 2 atom stereocenters. The topological polar surface area (TPSA) is 38.8 Å². The van der Waals surface area contributed by atoms with Gasteiger partial charge in [-0.3, -0.25) is 9.69 Å². The van der Waals surface area contributed by atoms with Crippen molar-refractivity contribution in [1.29, 1.82) is 0 Å². The Balaban J connectivity index is 2.12. The second-order valence-corrected chi connectivity index (χ2v) is 4.98. The van der Waals surface area contributed by atoms with Crippen LogP contribution in [0, 0.1) is 5.92 Å². The molecule has 4 nitrogen and oxygen atoms in total. The highest BCUT2D eigenvalue weighted by Crippen LogP contribution is 2.25. The molecular weight excluding hydrogens is 242 g/mol. The van der Waals surface area contributed by atoms with Crippen molar-refractivity contribution in [2.75, 3.05) is 20.3 Å². The normalized spacial score (nSPS) is 18.7. The van der Waals surface area contributed by atoms with Crippen molar-refractivity contribution in [2.45, 2.75) is 26.4 Å². The van der Waals surface area contributed by atoms with Crippen molar-refractivity contribution in [3.05, 3.63) is 29.8 Å². The van der Waals surface area contributed by atoms with E-state index in [1.54, 1.807) is 0 Å². The molecule has 1 heterocycles. The van der Waals surface area contributed by atoms with Gasteiger partial charge >= 0.3 is 5.97 Å². The van der Waals surface area contributed by atoms with Crippen LogP contribution in [0.15, 0.2) is 24.3 Å². The Morgan fingerprint density at radius 1 is 1.37 bits per heavy atom. The van der Waals surface area contributed by atoms with Crippen LogP contribution in [-0.4, -0.2) is 37.2 Å². The van der Waals surface area contributed by atoms with Crippen LogP contribution in [0.1, 0.15) is 19.4 Å². The van der Waals surface area contributed by atoms with Crippen LogP contribution in [0.3, 0.4) is 0 Å². The first-order chi connectivity index (χ1) is 9.13. The van der Waals surface area contributed by atoms with Crippen molar-refractivity contribution >= 4 is 5.97 Å². The number of rotatable bonds is 3. The van der Waals surface area contributed by atoms with E-state index in [0.29, 0.717) is 6.61 Å². The number of hydrogen-bond acceptors (Lipinski definition) is 4. The number of ether oxygens (including phenoxy) is 2. The predicted octanol–water partition coefficient (Wildman–Crippen LogP) is 2.08. The molecule has 0 saturated carbocycles. The van der Waals surface area contributed by atoms with Crippen LogP contribution < -0.4 is 4.74 Å². The minimum atomic E-state index is -0.161. The third-order valence-electron chi connectivity index (χ3n) is 3.85. The molecule has 0 saturated heterocycles. The number of carbonyl (C=O) groups excluding carboxylic acids is 1. The second kappa shape index (κ2) is 6.06. The molecule has 1 aliphatic rings. The summed E-state index contributed by atoms with van der Waals surface area (Å²) < 4.78 is 10.6. The van der Waals surface area contributed by atoms with Gasteiger partial charge in [0.25, 0.3) is 0 Å². The van der Waals surface area contributed by atoms with Gasteiger partial charge in [-0.15, -0.1) is 0 Å². The molecule has 0 spiro atoms. The number of nitrogens with zero attached hydrogens (tertiary/aromatic N) is 1. The van der Waals surface area contributed by atoms with E-state index in [9.17, 15) is 4.79 Å². The molecule has 0 amide bonds. The van der Waals surface area contributed by atoms with Crippen LogP contribution in [0.25, 0.3) is 0 Å². The zero-order valence-corrected chi connectivity index (χ0v) is 11.8. The maximum absolute atomic E-state index is 11.6. The number of hydrogen-bond donors (Lipinski definition) is 0. The lowest BCUT2D eigenvalue weighted by atomic mass is 10.0. The number of fused-ring (bicyclic) bond motifs is 1. The number of para-hydroxylation sites is 1. The molecule has 2 rings (SSSR count). The van der Waals surface area contributed by atoms with Gasteiger partial charge in [-0.05, 0) is 13.0 Å². The van der Waals surface area contributed by atoms with Crippen LogP contribution in [0.4, 0.5) is 0 Å². The first-order valence-electron chi connectivity index (χ1n) is 6.66. The molecule has 0 bridgehead atoms. The average Bonchev–Trinajstić information content (AvgIpc) is 2.66. The zero-order chi connectivity index (χ0) is 13.8. The quantitative estimate of drug-likeness (QED) is 0.783. The van der Waals surface area contributed by atoms with Crippen molar-refractivity contribution in [2.24, 2.45) is 5.92 Å².